The molecule has 1 aromatic heterocycles. The third kappa shape index (κ3) is 3.95. The molecule has 128 valence electrons. The molecule has 0 aliphatic carbocycles. The van der Waals surface area contributed by atoms with E-state index in [1.54, 1.807) is 9.80 Å². The topological polar surface area (TPSA) is 66.6 Å². The lowest BCUT2D eigenvalue weighted by Crippen LogP contribution is -2.52. The lowest BCUT2D eigenvalue weighted by atomic mass is 10.1. The van der Waals surface area contributed by atoms with E-state index < -0.39 is 6.04 Å². The zero-order chi connectivity index (χ0) is 16.2. The normalized spacial score (nSPS) is 15.5. The van der Waals surface area contributed by atoms with Crippen molar-refractivity contribution in [2.45, 2.75) is 6.04 Å². The van der Waals surface area contributed by atoms with Crippen molar-refractivity contribution < 1.29 is 9.59 Å². The number of nitrogens with zero attached hydrogens (tertiary/aromatic N) is 2. The van der Waals surface area contributed by atoms with Crippen molar-refractivity contribution >= 4 is 35.6 Å². The van der Waals surface area contributed by atoms with Crippen LogP contribution in [0.25, 0.3) is 0 Å². The Bertz CT molecular complexity index is 670. The second-order valence-corrected chi connectivity index (χ2v) is 6.43. The second kappa shape index (κ2) is 8.28. The predicted molar refractivity (Wildman–Crippen MR) is 97.4 cm³/mol. The first-order valence-electron chi connectivity index (χ1n) is 7.59. The summed E-state index contributed by atoms with van der Waals surface area (Å²) in [5.41, 5.74) is 6.89. The first kappa shape index (κ1) is 18.4. The van der Waals surface area contributed by atoms with Gasteiger partial charge in [-0.25, -0.2) is 0 Å². The van der Waals surface area contributed by atoms with Crippen LogP contribution in [-0.4, -0.2) is 47.8 Å². The molecule has 1 aliphatic heterocycles. The summed E-state index contributed by atoms with van der Waals surface area (Å²) in [4.78, 5) is 29.1. The lowest BCUT2D eigenvalue weighted by Gasteiger charge is -2.35. The van der Waals surface area contributed by atoms with E-state index >= 15 is 0 Å². The van der Waals surface area contributed by atoms with Crippen molar-refractivity contribution in [1.29, 1.82) is 0 Å². The van der Waals surface area contributed by atoms with Crippen LogP contribution >= 0.6 is 23.7 Å². The third-order valence-electron chi connectivity index (χ3n) is 4.04. The highest BCUT2D eigenvalue weighted by Crippen LogP contribution is 2.17. The number of hydrogen-bond donors (Lipinski definition) is 1. The first-order chi connectivity index (χ1) is 11.2. The van der Waals surface area contributed by atoms with Gasteiger partial charge in [-0.3, -0.25) is 9.59 Å². The van der Waals surface area contributed by atoms with E-state index in [1.165, 1.54) is 11.3 Å². The van der Waals surface area contributed by atoms with E-state index in [9.17, 15) is 9.59 Å². The highest BCUT2D eigenvalue weighted by atomic mass is 35.5. The van der Waals surface area contributed by atoms with Gasteiger partial charge in [-0.05, 0) is 17.0 Å². The number of rotatable bonds is 3. The highest BCUT2D eigenvalue weighted by molar-refractivity contribution is 7.12. The molecule has 0 spiro atoms. The van der Waals surface area contributed by atoms with Gasteiger partial charge in [0.15, 0.2) is 0 Å². The van der Waals surface area contributed by atoms with Crippen LogP contribution in [0.3, 0.4) is 0 Å². The summed E-state index contributed by atoms with van der Waals surface area (Å²) in [6.45, 7) is 2.14. The number of amides is 2. The Morgan fingerprint density at radius 3 is 2.17 bits per heavy atom. The molecule has 1 unspecified atom stereocenters. The molecule has 3 rings (SSSR count). The van der Waals surface area contributed by atoms with Crippen LogP contribution in [-0.2, 0) is 4.79 Å². The van der Waals surface area contributed by atoms with Crippen molar-refractivity contribution in [1.82, 2.24) is 9.80 Å². The Balaban J connectivity index is 0.00000208. The van der Waals surface area contributed by atoms with E-state index in [4.69, 9.17) is 5.73 Å². The molecule has 2 N–H and O–H groups in total. The molecule has 1 saturated heterocycles. The molecule has 1 atom stereocenters. The number of carbonyl (C=O) groups excluding carboxylic acids is 2. The van der Waals surface area contributed by atoms with Crippen LogP contribution in [0.5, 0.6) is 0 Å². The number of hydrogen-bond acceptors (Lipinski definition) is 4. The summed E-state index contributed by atoms with van der Waals surface area (Å²) in [5, 5.41) is 1.89. The van der Waals surface area contributed by atoms with Gasteiger partial charge in [0.05, 0.1) is 4.88 Å². The quantitative estimate of drug-likeness (QED) is 0.906. The summed E-state index contributed by atoms with van der Waals surface area (Å²) in [6, 6.07) is 12.4. The van der Waals surface area contributed by atoms with Crippen LogP contribution in [0.2, 0.25) is 0 Å². The number of carbonyl (C=O) groups is 2. The Morgan fingerprint density at radius 2 is 1.58 bits per heavy atom. The monoisotopic (exact) mass is 365 g/mol. The maximum Gasteiger partial charge on any atom is 0.264 e. The summed E-state index contributed by atoms with van der Waals surface area (Å²) >= 11 is 1.44. The number of nitrogens with two attached hydrogens (primary N) is 1. The maximum atomic E-state index is 12.5. The van der Waals surface area contributed by atoms with Crippen LogP contribution in [0.4, 0.5) is 0 Å². The van der Waals surface area contributed by atoms with Gasteiger partial charge in [-0.1, -0.05) is 36.4 Å². The van der Waals surface area contributed by atoms with E-state index in [0.717, 1.165) is 10.4 Å². The second-order valence-electron chi connectivity index (χ2n) is 5.48. The summed E-state index contributed by atoms with van der Waals surface area (Å²) < 4.78 is 0. The Morgan fingerprint density at radius 1 is 0.958 bits per heavy atom. The van der Waals surface area contributed by atoms with Crippen LogP contribution in [0, 0.1) is 0 Å². The number of halogens is 1. The first-order valence-corrected chi connectivity index (χ1v) is 8.47. The van der Waals surface area contributed by atoms with Gasteiger partial charge in [0.25, 0.3) is 5.91 Å². The summed E-state index contributed by atoms with van der Waals surface area (Å²) in [7, 11) is 0. The number of piperazine rings is 1. The van der Waals surface area contributed by atoms with E-state index in [1.807, 2.05) is 47.8 Å². The van der Waals surface area contributed by atoms with Gasteiger partial charge in [-0.2, -0.15) is 0 Å². The minimum atomic E-state index is -0.643. The summed E-state index contributed by atoms with van der Waals surface area (Å²) in [6.07, 6.45) is 0. The molecular formula is C17H20ClN3O2S. The molecule has 7 heteroatoms. The minimum absolute atomic E-state index is 0. The molecule has 0 radical (unpaired) electrons. The van der Waals surface area contributed by atoms with Gasteiger partial charge in [-0.15, -0.1) is 23.7 Å². The van der Waals surface area contributed by atoms with Crippen molar-refractivity contribution in [2.24, 2.45) is 5.73 Å². The SMILES string of the molecule is Cl.NC(C(=O)N1CCN(C(=O)c2cccs2)CC1)c1ccccc1. The largest absolute Gasteiger partial charge is 0.337 e. The fraction of sp³-hybridized carbons (Fsp3) is 0.294. The fourth-order valence-corrected chi connectivity index (χ4v) is 3.38. The highest BCUT2D eigenvalue weighted by Gasteiger charge is 2.28. The smallest absolute Gasteiger partial charge is 0.264 e. The van der Waals surface area contributed by atoms with Crippen molar-refractivity contribution in [2.75, 3.05) is 26.2 Å². The van der Waals surface area contributed by atoms with Crippen LogP contribution in [0.1, 0.15) is 21.3 Å². The predicted octanol–water partition coefficient (Wildman–Crippen LogP) is 2.15. The van der Waals surface area contributed by atoms with E-state index in [-0.39, 0.29) is 24.2 Å². The molecule has 24 heavy (non-hydrogen) atoms. The van der Waals surface area contributed by atoms with Gasteiger partial charge in [0.1, 0.15) is 6.04 Å². The van der Waals surface area contributed by atoms with E-state index in [0.29, 0.717) is 26.2 Å². The Kier molecular flexibility index (Phi) is 6.36. The average Bonchev–Trinajstić information content (AvgIpc) is 3.15. The van der Waals surface area contributed by atoms with E-state index in [2.05, 4.69) is 0 Å². The standard InChI is InChI=1S/C17H19N3O2S.ClH/c18-15(13-5-2-1-3-6-13)17(22)20-10-8-19(9-11-20)16(21)14-7-4-12-23-14;/h1-7,12,15H,8-11,18H2;1H. The van der Waals surface area contributed by atoms with Gasteiger partial charge >= 0.3 is 0 Å². The van der Waals surface area contributed by atoms with Crippen molar-refractivity contribution in [3.05, 3.63) is 58.3 Å². The Hall–Kier alpha value is -1.89. The summed E-state index contributed by atoms with van der Waals surface area (Å²) in [5.74, 6) is -0.0427. The molecule has 1 fully saturated rings. The molecule has 2 heterocycles. The average molecular weight is 366 g/mol. The van der Waals surface area contributed by atoms with Crippen LogP contribution < -0.4 is 5.73 Å². The lowest BCUT2D eigenvalue weighted by molar-refractivity contribution is -0.134. The molecule has 1 aliphatic rings. The number of benzene rings is 1. The fourth-order valence-electron chi connectivity index (χ4n) is 2.69. The minimum Gasteiger partial charge on any atom is -0.337 e. The molecule has 5 nitrogen and oxygen atoms in total. The van der Waals surface area contributed by atoms with Crippen molar-refractivity contribution in [3.63, 3.8) is 0 Å². The Labute approximate surface area is 151 Å². The molecule has 0 saturated carbocycles. The molecule has 2 amide bonds. The molecule has 1 aromatic carbocycles. The molecule has 0 bridgehead atoms. The molecular weight excluding hydrogens is 346 g/mol. The van der Waals surface area contributed by atoms with Gasteiger partial charge < -0.3 is 15.5 Å². The number of thiophene rings is 1. The zero-order valence-corrected chi connectivity index (χ0v) is 14.8. The van der Waals surface area contributed by atoms with Crippen LogP contribution in [0.15, 0.2) is 47.8 Å². The zero-order valence-electron chi connectivity index (χ0n) is 13.1. The third-order valence-corrected chi connectivity index (χ3v) is 4.89. The molecule has 2 aromatic rings. The maximum absolute atomic E-state index is 12.5. The van der Waals surface area contributed by atoms with Gasteiger partial charge in [0, 0.05) is 26.2 Å². The van der Waals surface area contributed by atoms with Gasteiger partial charge in [0.2, 0.25) is 5.91 Å². The van der Waals surface area contributed by atoms with Crippen molar-refractivity contribution in [3.8, 4) is 0 Å².